The van der Waals surface area contributed by atoms with Crippen LogP contribution in [0.3, 0.4) is 0 Å². The average Bonchev–Trinajstić information content (AvgIpc) is 3.32. The normalized spacial score (nSPS) is 13.0. The fraction of sp³-hybridized carbons (Fsp3) is 0.286. The van der Waals surface area contributed by atoms with Crippen LogP contribution in [0.5, 0.6) is 0 Å². The lowest BCUT2D eigenvalue weighted by atomic mass is 10.1. The van der Waals surface area contributed by atoms with E-state index in [0.29, 0.717) is 4.88 Å². The molecule has 7 heteroatoms. The highest BCUT2D eigenvalue weighted by Gasteiger charge is 2.21. The van der Waals surface area contributed by atoms with Gasteiger partial charge in [-0.25, -0.2) is 4.68 Å². The van der Waals surface area contributed by atoms with Gasteiger partial charge in [-0.15, -0.1) is 11.3 Å². The summed E-state index contributed by atoms with van der Waals surface area (Å²) in [5.74, 6) is -0.478. The van der Waals surface area contributed by atoms with Crippen LogP contribution in [-0.4, -0.2) is 27.6 Å². The molecule has 0 saturated carbocycles. The van der Waals surface area contributed by atoms with Gasteiger partial charge in [-0.05, 0) is 51.3 Å². The third kappa shape index (κ3) is 4.31. The SMILES string of the molecule is Cc1ccc(-n2ncc([C@H](C)NC(=O)[C@H](C)NC(=O)c3cccs3)c2C)cc1. The predicted molar refractivity (Wildman–Crippen MR) is 111 cm³/mol. The first-order valence-corrected chi connectivity index (χ1v) is 10.0. The number of aryl methyl sites for hydroxylation is 1. The van der Waals surface area contributed by atoms with Crippen molar-refractivity contribution in [1.82, 2.24) is 20.4 Å². The van der Waals surface area contributed by atoms with Gasteiger partial charge in [-0.1, -0.05) is 23.8 Å². The van der Waals surface area contributed by atoms with Crippen molar-refractivity contribution in [3.63, 3.8) is 0 Å². The number of nitrogens with zero attached hydrogens (tertiary/aromatic N) is 2. The molecule has 0 aliphatic carbocycles. The van der Waals surface area contributed by atoms with Gasteiger partial charge in [0.2, 0.25) is 5.91 Å². The van der Waals surface area contributed by atoms with Gasteiger partial charge >= 0.3 is 0 Å². The minimum absolute atomic E-state index is 0.229. The van der Waals surface area contributed by atoms with Crippen molar-refractivity contribution >= 4 is 23.2 Å². The van der Waals surface area contributed by atoms with E-state index >= 15 is 0 Å². The van der Waals surface area contributed by atoms with Gasteiger partial charge in [0.25, 0.3) is 5.91 Å². The number of carbonyl (C=O) groups is 2. The second-order valence-electron chi connectivity index (χ2n) is 6.84. The molecule has 6 nitrogen and oxygen atoms in total. The lowest BCUT2D eigenvalue weighted by Crippen LogP contribution is -2.45. The van der Waals surface area contributed by atoms with Crippen molar-refractivity contribution in [2.75, 3.05) is 0 Å². The summed E-state index contributed by atoms with van der Waals surface area (Å²) < 4.78 is 1.86. The lowest BCUT2D eigenvalue weighted by molar-refractivity contribution is -0.123. The molecular formula is C21H24N4O2S. The molecule has 2 N–H and O–H groups in total. The number of rotatable bonds is 6. The zero-order valence-electron chi connectivity index (χ0n) is 16.4. The maximum Gasteiger partial charge on any atom is 0.261 e. The van der Waals surface area contributed by atoms with Crippen LogP contribution in [0.25, 0.3) is 5.69 Å². The molecule has 2 atom stereocenters. The number of amides is 2. The number of benzene rings is 1. The summed E-state index contributed by atoms with van der Waals surface area (Å²) in [4.78, 5) is 25.2. The molecule has 28 heavy (non-hydrogen) atoms. The molecule has 1 aromatic carbocycles. The average molecular weight is 397 g/mol. The van der Waals surface area contributed by atoms with Crippen LogP contribution in [0.1, 0.15) is 46.4 Å². The summed E-state index contributed by atoms with van der Waals surface area (Å²) in [5.41, 5.74) is 4.06. The van der Waals surface area contributed by atoms with E-state index in [1.807, 2.05) is 55.1 Å². The zero-order valence-corrected chi connectivity index (χ0v) is 17.2. The lowest BCUT2D eigenvalue weighted by Gasteiger charge is -2.18. The number of aromatic nitrogens is 2. The minimum Gasteiger partial charge on any atom is -0.348 e. The third-order valence-electron chi connectivity index (χ3n) is 4.64. The molecule has 146 valence electrons. The van der Waals surface area contributed by atoms with Gasteiger partial charge in [0.15, 0.2) is 0 Å². The Bertz CT molecular complexity index is 961. The molecule has 3 aromatic rings. The summed E-state index contributed by atoms with van der Waals surface area (Å²) in [6, 6.07) is 10.8. The Hall–Kier alpha value is -2.93. The van der Waals surface area contributed by atoms with Gasteiger partial charge in [-0.3, -0.25) is 9.59 Å². The Morgan fingerprint density at radius 1 is 1.07 bits per heavy atom. The van der Waals surface area contributed by atoms with E-state index in [2.05, 4.69) is 15.7 Å². The number of thiophene rings is 1. The Morgan fingerprint density at radius 2 is 1.79 bits per heavy atom. The molecule has 0 fully saturated rings. The fourth-order valence-electron chi connectivity index (χ4n) is 2.95. The van der Waals surface area contributed by atoms with Crippen LogP contribution in [0.4, 0.5) is 0 Å². The van der Waals surface area contributed by atoms with Crippen LogP contribution in [-0.2, 0) is 4.79 Å². The predicted octanol–water partition coefficient (Wildman–Crippen LogP) is 3.55. The van der Waals surface area contributed by atoms with Gasteiger partial charge in [0, 0.05) is 11.3 Å². The Labute approximate surface area is 168 Å². The number of nitrogens with one attached hydrogen (secondary N) is 2. The molecule has 0 unspecified atom stereocenters. The van der Waals surface area contributed by atoms with E-state index in [4.69, 9.17) is 0 Å². The Morgan fingerprint density at radius 3 is 2.43 bits per heavy atom. The van der Waals surface area contributed by atoms with Gasteiger partial charge < -0.3 is 10.6 Å². The van der Waals surface area contributed by atoms with E-state index in [1.165, 1.54) is 16.9 Å². The van der Waals surface area contributed by atoms with Gasteiger partial charge in [-0.2, -0.15) is 5.10 Å². The summed E-state index contributed by atoms with van der Waals surface area (Å²) in [6.07, 6.45) is 1.77. The standard InChI is InChI=1S/C21H24N4O2S/c1-13-7-9-17(10-8-13)25-16(4)18(12-22-25)14(2)23-20(26)15(3)24-21(27)19-6-5-11-28-19/h5-12,14-15H,1-4H3,(H,23,26)(H,24,27)/t14-,15-/m0/s1. The Kier molecular flexibility index (Phi) is 5.94. The van der Waals surface area contributed by atoms with Crippen molar-refractivity contribution in [1.29, 1.82) is 0 Å². The maximum atomic E-state index is 12.5. The van der Waals surface area contributed by atoms with E-state index in [1.54, 1.807) is 25.3 Å². The van der Waals surface area contributed by atoms with Crippen LogP contribution >= 0.6 is 11.3 Å². The quantitative estimate of drug-likeness (QED) is 0.669. The van der Waals surface area contributed by atoms with Crippen LogP contribution in [0.2, 0.25) is 0 Å². The summed E-state index contributed by atoms with van der Waals surface area (Å²) >= 11 is 1.34. The first-order chi connectivity index (χ1) is 13.4. The molecule has 3 rings (SSSR count). The number of carbonyl (C=O) groups excluding carboxylic acids is 2. The topological polar surface area (TPSA) is 76.0 Å². The second-order valence-corrected chi connectivity index (χ2v) is 7.78. The highest BCUT2D eigenvalue weighted by molar-refractivity contribution is 7.12. The van der Waals surface area contributed by atoms with Crippen molar-refractivity contribution in [3.8, 4) is 5.69 Å². The number of hydrogen-bond acceptors (Lipinski definition) is 4. The molecule has 0 spiro atoms. The zero-order chi connectivity index (χ0) is 20.3. The van der Waals surface area contributed by atoms with Crippen LogP contribution in [0.15, 0.2) is 48.0 Å². The molecule has 2 amide bonds. The van der Waals surface area contributed by atoms with E-state index in [9.17, 15) is 9.59 Å². The number of hydrogen-bond donors (Lipinski definition) is 2. The van der Waals surface area contributed by atoms with Crippen molar-refractivity contribution in [3.05, 3.63) is 69.7 Å². The molecule has 0 saturated heterocycles. The van der Waals surface area contributed by atoms with Gasteiger partial charge in [0.1, 0.15) is 6.04 Å². The molecular weight excluding hydrogens is 372 g/mol. The molecule has 0 aliphatic heterocycles. The minimum atomic E-state index is -0.635. The molecule has 2 heterocycles. The van der Waals surface area contributed by atoms with Gasteiger partial charge in [0.05, 0.1) is 22.8 Å². The molecule has 0 radical (unpaired) electrons. The summed E-state index contributed by atoms with van der Waals surface area (Å²) in [5, 5.41) is 12.0. The highest BCUT2D eigenvalue weighted by atomic mass is 32.1. The molecule has 0 bridgehead atoms. The Balaban J connectivity index is 1.65. The van der Waals surface area contributed by atoms with Crippen molar-refractivity contribution in [2.45, 2.75) is 39.8 Å². The van der Waals surface area contributed by atoms with Crippen molar-refractivity contribution in [2.24, 2.45) is 0 Å². The third-order valence-corrected chi connectivity index (χ3v) is 5.51. The largest absolute Gasteiger partial charge is 0.348 e. The molecule has 0 aliphatic rings. The summed E-state index contributed by atoms with van der Waals surface area (Å²) in [7, 11) is 0. The summed E-state index contributed by atoms with van der Waals surface area (Å²) in [6.45, 7) is 7.61. The van der Waals surface area contributed by atoms with E-state index in [-0.39, 0.29) is 17.9 Å². The van der Waals surface area contributed by atoms with Crippen molar-refractivity contribution < 1.29 is 9.59 Å². The second kappa shape index (κ2) is 8.39. The smallest absolute Gasteiger partial charge is 0.261 e. The van der Waals surface area contributed by atoms with E-state index < -0.39 is 6.04 Å². The molecule has 2 aromatic heterocycles. The van der Waals surface area contributed by atoms with Crippen LogP contribution < -0.4 is 10.6 Å². The maximum absolute atomic E-state index is 12.5. The first kappa shape index (κ1) is 19.8. The fourth-order valence-corrected chi connectivity index (χ4v) is 3.58. The highest BCUT2D eigenvalue weighted by Crippen LogP contribution is 2.20. The monoisotopic (exact) mass is 396 g/mol. The van der Waals surface area contributed by atoms with Crippen LogP contribution in [0, 0.1) is 13.8 Å². The first-order valence-electron chi connectivity index (χ1n) is 9.13. The van der Waals surface area contributed by atoms with E-state index in [0.717, 1.165) is 16.9 Å².